The fourth-order valence-electron chi connectivity index (χ4n) is 6.19. The SMILES string of the molecule is CC1C2(C#N)CC3CC(c4ccccc4)(C2)CC1(C(=O)O)C3. The first-order valence-corrected chi connectivity index (χ1v) is 8.17. The van der Waals surface area contributed by atoms with E-state index < -0.39 is 16.8 Å². The number of hydrogen-bond acceptors (Lipinski definition) is 2. The van der Waals surface area contributed by atoms with Crippen LogP contribution in [0.15, 0.2) is 30.3 Å². The highest BCUT2D eigenvalue weighted by Gasteiger charge is 2.70. The van der Waals surface area contributed by atoms with Gasteiger partial charge < -0.3 is 5.11 Å². The number of nitrogens with zero attached hydrogens (tertiary/aromatic N) is 1. The minimum atomic E-state index is -0.717. The van der Waals surface area contributed by atoms with Gasteiger partial charge >= 0.3 is 5.97 Å². The zero-order chi connectivity index (χ0) is 15.6. The third kappa shape index (κ3) is 1.48. The molecule has 0 amide bonds. The number of rotatable bonds is 2. The molecule has 4 aliphatic rings. The van der Waals surface area contributed by atoms with Crippen LogP contribution in [-0.2, 0) is 10.2 Å². The summed E-state index contributed by atoms with van der Waals surface area (Å²) in [7, 11) is 0. The smallest absolute Gasteiger partial charge is 0.310 e. The van der Waals surface area contributed by atoms with Crippen molar-refractivity contribution in [3.8, 4) is 6.07 Å². The summed E-state index contributed by atoms with van der Waals surface area (Å²) in [5.41, 5.74) is -0.0710. The van der Waals surface area contributed by atoms with E-state index in [0.29, 0.717) is 12.3 Å². The topological polar surface area (TPSA) is 61.1 Å². The number of benzene rings is 1. The lowest BCUT2D eigenvalue weighted by atomic mass is 9.35. The van der Waals surface area contributed by atoms with Gasteiger partial charge in [0.1, 0.15) is 0 Å². The van der Waals surface area contributed by atoms with Crippen molar-refractivity contribution in [3.63, 3.8) is 0 Å². The fraction of sp³-hybridized carbons (Fsp3) is 0.579. The standard InChI is InChI=1S/C19H21NO2/c1-13-18(12-20)8-14-7-17(10-18,15-5-3-2-4-6-15)11-19(13,9-14)16(21)22/h2-6,13-14H,7-11H2,1H3,(H,21,22). The zero-order valence-electron chi connectivity index (χ0n) is 12.9. The summed E-state index contributed by atoms with van der Waals surface area (Å²) in [5, 5.41) is 19.9. The van der Waals surface area contributed by atoms with E-state index in [9.17, 15) is 15.2 Å². The fourth-order valence-corrected chi connectivity index (χ4v) is 6.19. The quantitative estimate of drug-likeness (QED) is 0.904. The average molecular weight is 295 g/mol. The molecule has 0 saturated heterocycles. The van der Waals surface area contributed by atoms with Crippen LogP contribution in [0, 0.1) is 34.0 Å². The van der Waals surface area contributed by atoms with E-state index in [4.69, 9.17) is 0 Å². The van der Waals surface area contributed by atoms with Gasteiger partial charge in [0.2, 0.25) is 0 Å². The molecule has 0 heterocycles. The average Bonchev–Trinajstić information content (AvgIpc) is 2.52. The predicted octanol–water partition coefficient (Wildman–Crippen LogP) is 3.75. The van der Waals surface area contributed by atoms with E-state index >= 15 is 0 Å². The molecule has 1 N–H and O–H groups in total. The van der Waals surface area contributed by atoms with Crippen molar-refractivity contribution >= 4 is 5.97 Å². The highest BCUT2D eigenvalue weighted by Crippen LogP contribution is 2.72. The summed E-state index contributed by atoms with van der Waals surface area (Å²) in [6, 6.07) is 12.9. The minimum Gasteiger partial charge on any atom is -0.481 e. The van der Waals surface area contributed by atoms with Crippen molar-refractivity contribution in [2.75, 3.05) is 0 Å². The predicted molar refractivity (Wildman–Crippen MR) is 82.0 cm³/mol. The van der Waals surface area contributed by atoms with Crippen molar-refractivity contribution in [1.29, 1.82) is 5.26 Å². The molecule has 1 aromatic carbocycles. The van der Waals surface area contributed by atoms with E-state index in [1.165, 1.54) is 5.56 Å². The molecule has 114 valence electrons. The molecule has 0 aliphatic heterocycles. The summed E-state index contributed by atoms with van der Waals surface area (Å²) < 4.78 is 0. The summed E-state index contributed by atoms with van der Waals surface area (Å²) in [4.78, 5) is 12.2. The van der Waals surface area contributed by atoms with Crippen molar-refractivity contribution in [2.45, 2.75) is 44.4 Å². The molecule has 5 unspecified atom stereocenters. The summed E-state index contributed by atoms with van der Waals surface area (Å²) in [6.07, 6.45) is 4.20. The lowest BCUT2D eigenvalue weighted by Crippen LogP contribution is -2.65. The number of hydrogen-bond donors (Lipinski definition) is 1. The molecule has 4 bridgehead atoms. The first kappa shape index (κ1) is 13.8. The van der Waals surface area contributed by atoms with Crippen LogP contribution in [0.4, 0.5) is 0 Å². The highest BCUT2D eigenvalue weighted by atomic mass is 16.4. The van der Waals surface area contributed by atoms with Gasteiger partial charge in [-0.1, -0.05) is 37.3 Å². The Morgan fingerprint density at radius 3 is 2.59 bits per heavy atom. The van der Waals surface area contributed by atoms with Crippen molar-refractivity contribution < 1.29 is 9.90 Å². The second-order valence-corrected chi connectivity index (χ2v) is 7.93. The molecule has 1 aromatic rings. The Hall–Kier alpha value is -1.82. The molecule has 3 heteroatoms. The van der Waals surface area contributed by atoms with Gasteiger partial charge in [0.05, 0.1) is 16.9 Å². The highest BCUT2D eigenvalue weighted by molar-refractivity contribution is 5.77. The Kier molecular flexibility index (Phi) is 2.59. The van der Waals surface area contributed by atoms with Crippen LogP contribution >= 0.6 is 0 Å². The molecule has 5 atom stereocenters. The normalized spacial score (nSPS) is 45.5. The molecule has 4 saturated carbocycles. The molecule has 4 aliphatic carbocycles. The van der Waals surface area contributed by atoms with Crippen LogP contribution in [-0.4, -0.2) is 11.1 Å². The molecular weight excluding hydrogens is 274 g/mol. The number of nitriles is 1. The van der Waals surface area contributed by atoms with E-state index in [1.807, 2.05) is 25.1 Å². The van der Waals surface area contributed by atoms with Crippen molar-refractivity contribution in [1.82, 2.24) is 0 Å². The third-order valence-corrected chi connectivity index (χ3v) is 6.99. The van der Waals surface area contributed by atoms with E-state index in [1.54, 1.807) is 0 Å². The Bertz CT molecular complexity index is 678. The number of carbonyl (C=O) groups is 1. The summed E-state index contributed by atoms with van der Waals surface area (Å²) >= 11 is 0. The maximum absolute atomic E-state index is 12.2. The van der Waals surface area contributed by atoms with Crippen LogP contribution in [0.2, 0.25) is 0 Å². The van der Waals surface area contributed by atoms with Gasteiger partial charge in [0.15, 0.2) is 0 Å². The van der Waals surface area contributed by atoms with Crippen molar-refractivity contribution in [2.24, 2.45) is 22.7 Å². The van der Waals surface area contributed by atoms with Gasteiger partial charge in [-0.15, -0.1) is 0 Å². The number of carboxylic acids is 1. The first-order valence-electron chi connectivity index (χ1n) is 8.17. The lowest BCUT2D eigenvalue weighted by Gasteiger charge is -2.66. The maximum Gasteiger partial charge on any atom is 0.310 e. The van der Waals surface area contributed by atoms with Crippen LogP contribution in [0.1, 0.15) is 44.6 Å². The maximum atomic E-state index is 12.2. The molecule has 5 rings (SSSR count). The molecule has 0 radical (unpaired) electrons. The van der Waals surface area contributed by atoms with Gasteiger partial charge in [-0.2, -0.15) is 5.26 Å². The zero-order valence-corrected chi connectivity index (χ0v) is 12.9. The van der Waals surface area contributed by atoms with Gasteiger partial charge in [0, 0.05) is 0 Å². The molecule has 0 spiro atoms. The second kappa shape index (κ2) is 4.13. The van der Waals surface area contributed by atoms with Crippen LogP contribution in [0.3, 0.4) is 0 Å². The Morgan fingerprint density at radius 2 is 1.95 bits per heavy atom. The molecule has 4 fully saturated rings. The van der Waals surface area contributed by atoms with E-state index in [2.05, 4.69) is 18.2 Å². The minimum absolute atomic E-state index is 0.0594. The largest absolute Gasteiger partial charge is 0.481 e. The van der Waals surface area contributed by atoms with Gasteiger partial charge in [0.25, 0.3) is 0 Å². The molecule has 22 heavy (non-hydrogen) atoms. The number of aliphatic carboxylic acids is 1. The summed E-state index contributed by atoms with van der Waals surface area (Å²) in [5.74, 6) is -0.380. The Balaban J connectivity index is 1.91. The second-order valence-electron chi connectivity index (χ2n) is 7.93. The molecular formula is C19H21NO2. The monoisotopic (exact) mass is 295 g/mol. The van der Waals surface area contributed by atoms with Crippen LogP contribution in [0.5, 0.6) is 0 Å². The third-order valence-electron chi connectivity index (χ3n) is 6.99. The Morgan fingerprint density at radius 1 is 1.23 bits per heavy atom. The number of carboxylic acid groups (broad SMARTS) is 1. The molecule has 0 aromatic heterocycles. The first-order chi connectivity index (χ1) is 10.5. The van der Waals surface area contributed by atoms with Gasteiger partial charge in [-0.05, 0) is 54.9 Å². The van der Waals surface area contributed by atoms with Crippen LogP contribution in [0.25, 0.3) is 0 Å². The summed E-state index contributed by atoms with van der Waals surface area (Å²) in [6.45, 7) is 2.01. The van der Waals surface area contributed by atoms with Gasteiger partial charge in [-0.25, -0.2) is 0 Å². The Labute approximate surface area is 131 Å². The molecule has 3 nitrogen and oxygen atoms in total. The van der Waals surface area contributed by atoms with Crippen LogP contribution < -0.4 is 0 Å². The van der Waals surface area contributed by atoms with Gasteiger partial charge in [-0.3, -0.25) is 4.79 Å². The van der Waals surface area contributed by atoms with E-state index in [0.717, 1.165) is 25.7 Å². The lowest BCUT2D eigenvalue weighted by molar-refractivity contribution is -0.189. The van der Waals surface area contributed by atoms with Crippen molar-refractivity contribution in [3.05, 3.63) is 35.9 Å². The van der Waals surface area contributed by atoms with E-state index in [-0.39, 0.29) is 11.3 Å².